The van der Waals surface area contributed by atoms with Gasteiger partial charge in [0, 0.05) is 11.7 Å². The lowest BCUT2D eigenvalue weighted by atomic mass is 9.89. The Kier molecular flexibility index (Phi) is 11.2. The van der Waals surface area contributed by atoms with Crippen molar-refractivity contribution in [3.63, 3.8) is 0 Å². The van der Waals surface area contributed by atoms with Gasteiger partial charge in [0.1, 0.15) is 17.6 Å². The molecule has 5 rings (SSSR count). The predicted molar refractivity (Wildman–Crippen MR) is 177 cm³/mol. The van der Waals surface area contributed by atoms with Gasteiger partial charge in [-0.25, -0.2) is 0 Å². The molecule has 1 saturated heterocycles. The average molecular weight is 597 g/mol. The molecule has 5 heteroatoms. The Bertz CT molecular complexity index is 1390. The third-order valence-corrected chi connectivity index (χ3v) is 10.2. The van der Waals surface area contributed by atoms with Crippen LogP contribution in [0.1, 0.15) is 60.3 Å². The van der Waals surface area contributed by atoms with Crippen LogP contribution in [0.5, 0.6) is 11.5 Å². The van der Waals surface area contributed by atoms with Crippen molar-refractivity contribution in [2.24, 2.45) is 5.92 Å². The van der Waals surface area contributed by atoms with E-state index in [0.29, 0.717) is 31.0 Å². The Morgan fingerprint density at radius 2 is 1.33 bits per heavy atom. The second-order valence-electron chi connectivity index (χ2n) is 11.2. The molecule has 1 aliphatic rings. The molecule has 0 bridgehead atoms. The summed E-state index contributed by atoms with van der Waals surface area (Å²) in [5.74, 6) is 2.14. The Hall–Kier alpha value is -3.25. The number of methoxy groups -OCH3 is 1. The summed E-state index contributed by atoms with van der Waals surface area (Å²) in [5, 5.41) is 0.578. The molecule has 0 saturated carbocycles. The number of benzene rings is 4. The molecular formula is C38H44O4S. The van der Waals surface area contributed by atoms with E-state index in [9.17, 15) is 0 Å². The highest BCUT2D eigenvalue weighted by atomic mass is 32.2. The minimum atomic E-state index is -0.113. The van der Waals surface area contributed by atoms with E-state index in [1.807, 2.05) is 43.0 Å². The van der Waals surface area contributed by atoms with Crippen molar-refractivity contribution in [3.05, 3.63) is 131 Å². The number of rotatable bonds is 13. The lowest BCUT2D eigenvalue weighted by molar-refractivity contribution is -0.112. The molecule has 0 radical (unpaired) electrons. The fourth-order valence-corrected chi connectivity index (χ4v) is 7.64. The molecule has 0 spiro atoms. The first-order valence-corrected chi connectivity index (χ1v) is 16.4. The van der Waals surface area contributed by atoms with Crippen LogP contribution in [0.25, 0.3) is 0 Å². The SMILES string of the molecule is CCOc1ccc(Cc2cc([C@@H]3S[C@H](CC)[C@@H](C)[C@H](OCc4ccccc4)[C@H]3OCc3ccccc3)ccc2OC)cc1. The van der Waals surface area contributed by atoms with Crippen LogP contribution in [0.2, 0.25) is 0 Å². The van der Waals surface area contributed by atoms with Crippen LogP contribution in [-0.4, -0.2) is 31.2 Å². The van der Waals surface area contributed by atoms with Gasteiger partial charge in [-0.3, -0.25) is 0 Å². The standard InChI is InChI=1S/C38H44O4S/c1-5-35-27(3)36(41-25-29-13-9-7-10-14-29)37(42-26-30-15-11-8-12-16-30)38(43-35)31-19-22-34(39-4)32(24-31)23-28-17-20-33(21-18-28)40-6-2/h7-22,24,27,35-38H,5-6,23,25-26H2,1-4H3/t27-,35-,36+,37-,38+/m1/s1. The summed E-state index contributed by atoms with van der Waals surface area (Å²) < 4.78 is 25.1. The molecule has 0 aliphatic carbocycles. The van der Waals surface area contributed by atoms with Crippen LogP contribution >= 0.6 is 11.8 Å². The van der Waals surface area contributed by atoms with Gasteiger partial charge in [0.05, 0.1) is 38.3 Å². The van der Waals surface area contributed by atoms with Crippen molar-refractivity contribution < 1.29 is 18.9 Å². The van der Waals surface area contributed by atoms with Gasteiger partial charge in [-0.05, 0) is 65.3 Å². The van der Waals surface area contributed by atoms with E-state index in [1.165, 1.54) is 27.8 Å². The highest BCUT2D eigenvalue weighted by Gasteiger charge is 2.45. The molecule has 226 valence electrons. The van der Waals surface area contributed by atoms with E-state index in [1.54, 1.807) is 7.11 Å². The zero-order chi connectivity index (χ0) is 30.0. The summed E-state index contributed by atoms with van der Waals surface area (Å²) in [4.78, 5) is 0. The summed E-state index contributed by atoms with van der Waals surface area (Å²) in [6.07, 6.45) is 1.70. The second-order valence-corrected chi connectivity index (χ2v) is 12.6. The molecule has 4 nitrogen and oxygen atoms in total. The molecule has 4 aromatic carbocycles. The molecule has 1 aliphatic heterocycles. The maximum absolute atomic E-state index is 6.86. The largest absolute Gasteiger partial charge is 0.496 e. The third-order valence-electron chi connectivity index (χ3n) is 8.28. The molecule has 5 atom stereocenters. The Balaban J connectivity index is 1.46. The number of hydrogen-bond acceptors (Lipinski definition) is 5. The maximum Gasteiger partial charge on any atom is 0.122 e. The molecule has 1 heterocycles. The van der Waals surface area contributed by atoms with Crippen molar-refractivity contribution in [1.29, 1.82) is 0 Å². The molecule has 0 N–H and O–H groups in total. The number of ether oxygens (including phenoxy) is 4. The third kappa shape index (κ3) is 8.03. The quantitative estimate of drug-likeness (QED) is 0.154. The first kappa shape index (κ1) is 31.2. The first-order chi connectivity index (χ1) is 21.1. The minimum Gasteiger partial charge on any atom is -0.496 e. The monoisotopic (exact) mass is 596 g/mol. The van der Waals surface area contributed by atoms with Gasteiger partial charge in [-0.15, -0.1) is 11.8 Å². The van der Waals surface area contributed by atoms with Crippen LogP contribution in [0.15, 0.2) is 103 Å². The van der Waals surface area contributed by atoms with Crippen LogP contribution < -0.4 is 9.47 Å². The summed E-state index contributed by atoms with van der Waals surface area (Å²) in [7, 11) is 1.75. The zero-order valence-electron chi connectivity index (χ0n) is 25.8. The highest BCUT2D eigenvalue weighted by Crippen LogP contribution is 2.49. The number of hydrogen-bond donors (Lipinski definition) is 0. The summed E-state index contributed by atoms with van der Waals surface area (Å²) in [5.41, 5.74) is 5.99. The van der Waals surface area contributed by atoms with E-state index < -0.39 is 0 Å². The van der Waals surface area contributed by atoms with Crippen molar-refractivity contribution >= 4 is 11.8 Å². The van der Waals surface area contributed by atoms with Gasteiger partial charge in [0.25, 0.3) is 0 Å². The van der Waals surface area contributed by atoms with E-state index in [2.05, 4.69) is 92.7 Å². The van der Waals surface area contributed by atoms with Gasteiger partial charge in [0.2, 0.25) is 0 Å². The second kappa shape index (κ2) is 15.5. The zero-order valence-corrected chi connectivity index (χ0v) is 26.6. The fourth-order valence-electron chi connectivity index (χ4n) is 5.97. The maximum atomic E-state index is 6.86. The van der Waals surface area contributed by atoms with Gasteiger partial charge in [-0.1, -0.05) is 98.8 Å². The summed E-state index contributed by atoms with van der Waals surface area (Å²) >= 11 is 2.03. The van der Waals surface area contributed by atoms with Crippen LogP contribution in [-0.2, 0) is 29.1 Å². The van der Waals surface area contributed by atoms with E-state index in [-0.39, 0.29) is 17.5 Å². The average Bonchev–Trinajstić information content (AvgIpc) is 3.05. The van der Waals surface area contributed by atoms with Crippen molar-refractivity contribution in [2.45, 2.75) is 69.5 Å². The van der Waals surface area contributed by atoms with Gasteiger partial charge < -0.3 is 18.9 Å². The Labute approximate surface area is 261 Å². The molecular weight excluding hydrogens is 552 g/mol. The smallest absolute Gasteiger partial charge is 0.122 e. The molecule has 0 aromatic heterocycles. The van der Waals surface area contributed by atoms with Crippen LogP contribution in [0, 0.1) is 5.92 Å². The summed E-state index contributed by atoms with van der Waals surface area (Å²) in [6, 6.07) is 35.9. The highest BCUT2D eigenvalue weighted by molar-refractivity contribution is 8.00. The molecule has 1 fully saturated rings. The minimum absolute atomic E-state index is 0.0446. The van der Waals surface area contributed by atoms with E-state index >= 15 is 0 Å². The topological polar surface area (TPSA) is 36.9 Å². The molecule has 0 unspecified atom stereocenters. The van der Waals surface area contributed by atoms with Crippen molar-refractivity contribution in [3.8, 4) is 11.5 Å². The van der Waals surface area contributed by atoms with Crippen molar-refractivity contribution in [1.82, 2.24) is 0 Å². The number of thioether (sulfide) groups is 1. The molecule has 0 amide bonds. The lowest BCUT2D eigenvalue weighted by Gasteiger charge is -2.45. The first-order valence-electron chi connectivity index (χ1n) is 15.4. The van der Waals surface area contributed by atoms with E-state index in [4.69, 9.17) is 18.9 Å². The predicted octanol–water partition coefficient (Wildman–Crippen LogP) is 9.06. The molecule has 4 aromatic rings. The summed E-state index contributed by atoms with van der Waals surface area (Å²) in [6.45, 7) is 8.40. The Morgan fingerprint density at radius 1 is 0.698 bits per heavy atom. The van der Waals surface area contributed by atoms with E-state index in [0.717, 1.165) is 24.3 Å². The van der Waals surface area contributed by atoms with Crippen molar-refractivity contribution in [2.75, 3.05) is 13.7 Å². The lowest BCUT2D eigenvalue weighted by Crippen LogP contribution is -2.48. The van der Waals surface area contributed by atoms with Gasteiger partial charge in [-0.2, -0.15) is 0 Å². The van der Waals surface area contributed by atoms with Crippen LogP contribution in [0.3, 0.4) is 0 Å². The van der Waals surface area contributed by atoms with Crippen LogP contribution in [0.4, 0.5) is 0 Å². The normalized spacial score (nSPS) is 21.8. The van der Waals surface area contributed by atoms with Gasteiger partial charge >= 0.3 is 0 Å². The molecule has 43 heavy (non-hydrogen) atoms. The Morgan fingerprint density at radius 3 is 1.91 bits per heavy atom. The fraction of sp³-hybridized carbons (Fsp3) is 0.368. The van der Waals surface area contributed by atoms with Gasteiger partial charge in [0.15, 0.2) is 0 Å².